The van der Waals surface area contributed by atoms with Crippen LogP contribution in [0.4, 0.5) is 0 Å². The zero-order valence-corrected chi connectivity index (χ0v) is 27.4. The van der Waals surface area contributed by atoms with Crippen molar-refractivity contribution < 1.29 is 14.2 Å². The van der Waals surface area contributed by atoms with E-state index in [9.17, 15) is 0 Å². The summed E-state index contributed by atoms with van der Waals surface area (Å²) in [5.41, 5.74) is 0. The van der Waals surface area contributed by atoms with Crippen LogP contribution in [0.5, 0.6) is 0 Å². The van der Waals surface area contributed by atoms with Gasteiger partial charge in [0.25, 0.3) is 0 Å². The molecule has 0 aromatic heterocycles. The van der Waals surface area contributed by atoms with E-state index >= 15 is 0 Å². The molecule has 0 radical (unpaired) electrons. The Labute approximate surface area is 247 Å². The van der Waals surface area contributed by atoms with Crippen molar-refractivity contribution >= 4 is 31.9 Å². The van der Waals surface area contributed by atoms with Gasteiger partial charge in [0.1, 0.15) is 0 Å². The van der Waals surface area contributed by atoms with Crippen LogP contribution in [0.2, 0.25) is 0 Å². The van der Waals surface area contributed by atoms with Crippen molar-refractivity contribution in [2.24, 2.45) is 0 Å². The van der Waals surface area contributed by atoms with Gasteiger partial charge >= 0.3 is 0 Å². The summed E-state index contributed by atoms with van der Waals surface area (Å²) < 4.78 is 20.0. The van der Waals surface area contributed by atoms with E-state index in [4.69, 9.17) is 14.2 Å². The van der Waals surface area contributed by atoms with E-state index < -0.39 is 11.6 Å². The molecule has 0 spiro atoms. The van der Waals surface area contributed by atoms with E-state index in [0.29, 0.717) is 0 Å². The first-order valence-corrected chi connectivity index (χ1v) is 18.6. The maximum absolute atomic E-state index is 7.02. The fourth-order valence-electron chi connectivity index (χ4n) is 6.10. The molecule has 3 nitrogen and oxygen atoms in total. The molecule has 0 aliphatic carbocycles. The van der Waals surface area contributed by atoms with Crippen LogP contribution in [0.3, 0.4) is 0 Å². The van der Waals surface area contributed by atoms with E-state index in [0.717, 1.165) is 49.6 Å². The molecular formula is C32H60Br2O3. The molecule has 2 fully saturated rings. The van der Waals surface area contributed by atoms with Gasteiger partial charge in [-0.05, 0) is 51.4 Å². The van der Waals surface area contributed by atoms with Gasteiger partial charge in [0.2, 0.25) is 0 Å². The van der Waals surface area contributed by atoms with Crippen LogP contribution in [-0.4, -0.2) is 35.4 Å². The van der Waals surface area contributed by atoms with Gasteiger partial charge in [0.15, 0.2) is 11.6 Å². The SMILES string of the molecule is BrCCCCCCCCCCCC1(OC2(CCCCCCCCCCCBr)CCCCO2)CCCCO1. The van der Waals surface area contributed by atoms with Gasteiger partial charge in [-0.25, -0.2) is 0 Å². The van der Waals surface area contributed by atoms with Crippen LogP contribution < -0.4 is 0 Å². The fraction of sp³-hybridized carbons (Fsp3) is 1.00. The summed E-state index contributed by atoms with van der Waals surface area (Å²) in [6, 6.07) is 0. The second kappa shape index (κ2) is 22.5. The zero-order chi connectivity index (χ0) is 26.3. The molecule has 2 unspecified atom stereocenters. The molecule has 0 amide bonds. The van der Waals surface area contributed by atoms with Gasteiger partial charge < -0.3 is 14.2 Å². The van der Waals surface area contributed by atoms with Gasteiger partial charge in [0, 0.05) is 36.3 Å². The molecule has 37 heavy (non-hydrogen) atoms. The van der Waals surface area contributed by atoms with E-state index in [2.05, 4.69) is 31.9 Å². The Bertz CT molecular complexity index is 460. The smallest absolute Gasteiger partial charge is 0.171 e. The lowest BCUT2D eigenvalue weighted by Gasteiger charge is -2.47. The molecule has 2 rings (SSSR count). The molecule has 0 aromatic carbocycles. The van der Waals surface area contributed by atoms with Crippen molar-refractivity contribution in [3.8, 4) is 0 Å². The summed E-state index contributed by atoms with van der Waals surface area (Å²) in [6.45, 7) is 1.69. The summed E-state index contributed by atoms with van der Waals surface area (Å²) in [7, 11) is 0. The normalized spacial score (nSPS) is 24.5. The van der Waals surface area contributed by atoms with Gasteiger partial charge in [0.05, 0.1) is 13.2 Å². The number of rotatable bonds is 24. The monoisotopic (exact) mass is 650 g/mol. The van der Waals surface area contributed by atoms with Crippen LogP contribution in [-0.2, 0) is 14.2 Å². The van der Waals surface area contributed by atoms with Gasteiger partial charge in [-0.3, -0.25) is 0 Å². The van der Waals surface area contributed by atoms with Crippen LogP contribution >= 0.6 is 31.9 Å². The predicted molar refractivity (Wildman–Crippen MR) is 166 cm³/mol. The van der Waals surface area contributed by atoms with Crippen LogP contribution in [0.15, 0.2) is 0 Å². The molecule has 2 atom stereocenters. The van der Waals surface area contributed by atoms with Crippen LogP contribution in [0, 0.1) is 0 Å². The third-order valence-corrected chi connectivity index (χ3v) is 9.51. The number of hydrogen-bond acceptors (Lipinski definition) is 3. The zero-order valence-electron chi connectivity index (χ0n) is 24.2. The summed E-state index contributed by atoms with van der Waals surface area (Å²) in [5.74, 6) is -0.805. The summed E-state index contributed by atoms with van der Waals surface area (Å²) in [5, 5.41) is 2.31. The Morgan fingerprint density at radius 1 is 0.432 bits per heavy atom. The average molecular weight is 653 g/mol. The maximum Gasteiger partial charge on any atom is 0.171 e. The van der Waals surface area contributed by atoms with E-state index in [-0.39, 0.29) is 0 Å². The highest BCUT2D eigenvalue weighted by atomic mass is 79.9. The first kappa shape index (κ1) is 34.0. The lowest BCUT2D eigenvalue weighted by atomic mass is 9.94. The molecule has 0 aromatic rings. The average Bonchev–Trinajstić information content (AvgIpc) is 2.92. The second-order valence-corrected chi connectivity index (χ2v) is 13.4. The lowest BCUT2D eigenvalue weighted by molar-refractivity contribution is -0.380. The maximum atomic E-state index is 7.02. The molecule has 2 saturated heterocycles. The molecule has 2 heterocycles. The van der Waals surface area contributed by atoms with Crippen molar-refractivity contribution in [2.75, 3.05) is 23.9 Å². The molecule has 220 valence electrons. The summed E-state index contributed by atoms with van der Waals surface area (Å²) in [4.78, 5) is 0. The first-order chi connectivity index (χ1) is 18.2. The Hall–Kier alpha value is 0.840. The number of ether oxygens (including phenoxy) is 3. The number of hydrogen-bond donors (Lipinski definition) is 0. The third-order valence-electron chi connectivity index (χ3n) is 8.39. The fourth-order valence-corrected chi connectivity index (χ4v) is 6.90. The quantitative estimate of drug-likeness (QED) is 0.0767. The summed E-state index contributed by atoms with van der Waals surface area (Å²) >= 11 is 7.07. The molecular weight excluding hydrogens is 592 g/mol. The first-order valence-electron chi connectivity index (χ1n) is 16.3. The number of halogens is 2. The van der Waals surface area contributed by atoms with Crippen molar-refractivity contribution in [3.05, 3.63) is 0 Å². The Morgan fingerprint density at radius 2 is 0.757 bits per heavy atom. The predicted octanol–water partition coefficient (Wildman–Crippen LogP) is 11.4. The molecule has 5 heteroatoms. The minimum absolute atomic E-state index is 0.402. The standard InChI is InChI=1S/C32H60Br2O3/c33-27-19-13-9-5-1-3-7-11-15-23-31(25-17-21-29-35-31)37-32(26-18-22-30-36-32)24-16-12-8-4-2-6-10-14-20-28-34/h1-30H2. The Kier molecular flexibility index (Phi) is 20.7. The van der Waals surface area contributed by atoms with E-state index in [1.807, 2.05) is 0 Å². The molecule has 0 bridgehead atoms. The molecule has 0 N–H and O–H groups in total. The van der Waals surface area contributed by atoms with Crippen LogP contribution in [0.1, 0.15) is 167 Å². The van der Waals surface area contributed by atoms with Crippen molar-refractivity contribution in [3.63, 3.8) is 0 Å². The van der Waals surface area contributed by atoms with Gasteiger partial charge in [-0.1, -0.05) is 122 Å². The van der Waals surface area contributed by atoms with Gasteiger partial charge in [-0.15, -0.1) is 0 Å². The van der Waals surface area contributed by atoms with E-state index in [1.165, 1.54) is 141 Å². The topological polar surface area (TPSA) is 27.7 Å². The molecule has 2 aliphatic heterocycles. The number of unbranched alkanes of at least 4 members (excludes halogenated alkanes) is 16. The van der Waals surface area contributed by atoms with Gasteiger partial charge in [-0.2, -0.15) is 0 Å². The minimum Gasteiger partial charge on any atom is -0.350 e. The van der Waals surface area contributed by atoms with Crippen molar-refractivity contribution in [2.45, 2.75) is 179 Å². The highest BCUT2D eigenvalue weighted by Crippen LogP contribution is 2.41. The van der Waals surface area contributed by atoms with Crippen molar-refractivity contribution in [1.82, 2.24) is 0 Å². The third kappa shape index (κ3) is 16.0. The largest absolute Gasteiger partial charge is 0.350 e. The van der Waals surface area contributed by atoms with Crippen LogP contribution in [0.25, 0.3) is 0 Å². The lowest BCUT2D eigenvalue weighted by Crippen LogP contribution is -2.51. The van der Waals surface area contributed by atoms with E-state index in [1.54, 1.807) is 0 Å². The second-order valence-electron chi connectivity index (χ2n) is 11.8. The summed E-state index contributed by atoms with van der Waals surface area (Å²) in [6.07, 6.45) is 33.3. The molecule has 2 aliphatic rings. The Balaban J connectivity index is 1.70. The minimum atomic E-state index is -0.402. The molecule has 0 saturated carbocycles. The highest BCUT2D eigenvalue weighted by Gasteiger charge is 2.44. The highest BCUT2D eigenvalue weighted by molar-refractivity contribution is 9.09. The number of alkyl halides is 2. The van der Waals surface area contributed by atoms with Crippen molar-refractivity contribution in [1.29, 1.82) is 0 Å². The Morgan fingerprint density at radius 3 is 1.05 bits per heavy atom.